The highest BCUT2D eigenvalue weighted by Gasteiger charge is 2.29. The Morgan fingerprint density at radius 3 is 2.43 bits per heavy atom. The van der Waals surface area contributed by atoms with Crippen LogP contribution in [0.25, 0.3) is 0 Å². The number of rotatable bonds is 7. The molecule has 5 rings (SSSR count). The zero-order chi connectivity index (χ0) is 26.3. The van der Waals surface area contributed by atoms with Crippen LogP contribution in [-0.4, -0.2) is 51.6 Å². The summed E-state index contributed by atoms with van der Waals surface area (Å²) in [6.07, 6.45) is 9.19. The number of aromatic nitrogens is 4. The average molecular weight is 638 g/mol. The van der Waals surface area contributed by atoms with Crippen molar-refractivity contribution in [1.29, 1.82) is 0 Å². The van der Waals surface area contributed by atoms with Crippen LogP contribution in [0, 0.1) is 0 Å². The number of aryl methyl sites for hydroxylation is 3. The molecule has 2 N–H and O–H groups in total. The lowest BCUT2D eigenvalue weighted by atomic mass is 9.99. The summed E-state index contributed by atoms with van der Waals surface area (Å²) >= 11 is 2.20. The van der Waals surface area contributed by atoms with Crippen LogP contribution in [0.1, 0.15) is 51.4 Å². The van der Waals surface area contributed by atoms with Gasteiger partial charge in [0.05, 0.1) is 11.1 Å². The van der Waals surface area contributed by atoms with E-state index in [1.54, 1.807) is 13.2 Å². The molecular weight excluding hydrogens is 609 g/mol. The molecule has 2 aliphatic rings. The molecule has 0 aliphatic heterocycles. The number of halogens is 1. The Hall–Kier alpha value is -2.94. The molecule has 0 radical (unpaired) electrons. The molecule has 2 heterocycles. The number of hydrogen-bond donors (Lipinski definition) is 2. The quantitative estimate of drug-likeness (QED) is 0.303. The van der Waals surface area contributed by atoms with Gasteiger partial charge in [0.1, 0.15) is 11.5 Å². The largest absolute Gasteiger partial charge is 0.333 e. The van der Waals surface area contributed by atoms with Gasteiger partial charge in [-0.25, -0.2) is 14.5 Å². The lowest BCUT2D eigenvalue weighted by molar-refractivity contribution is 0.0769. The molecule has 11 nitrogen and oxygen atoms in total. The van der Waals surface area contributed by atoms with Gasteiger partial charge in [-0.3, -0.25) is 9.48 Å². The summed E-state index contributed by atoms with van der Waals surface area (Å²) in [6, 6.07) is 2.58. The van der Waals surface area contributed by atoms with Crippen LogP contribution in [0.5, 0.6) is 0 Å². The fourth-order valence-corrected chi connectivity index (χ4v) is 6.65. The minimum absolute atomic E-state index is 0.0783. The molecule has 1 aromatic carbocycles. The number of nitrogens with zero attached hydrogens (tertiary/aromatic N) is 5. The van der Waals surface area contributed by atoms with Crippen molar-refractivity contribution in [2.45, 2.75) is 54.6 Å². The van der Waals surface area contributed by atoms with Crippen LogP contribution in [-0.2, 0) is 53.9 Å². The predicted octanol–water partition coefficient (Wildman–Crippen LogP) is 2.77. The molecule has 0 saturated heterocycles. The zero-order valence-corrected chi connectivity index (χ0v) is 23.6. The molecule has 3 aromatic rings. The summed E-state index contributed by atoms with van der Waals surface area (Å²) in [6.45, 7) is 0.245. The molecule has 3 amide bonds. The second-order valence-corrected chi connectivity index (χ2v) is 11.7. The van der Waals surface area contributed by atoms with E-state index in [1.807, 2.05) is 10.8 Å². The first-order chi connectivity index (χ1) is 17.7. The number of anilines is 1. The number of fused-ring (bicyclic) bond motifs is 2. The van der Waals surface area contributed by atoms with E-state index in [0.717, 1.165) is 55.3 Å². The Balaban J connectivity index is 1.31. The van der Waals surface area contributed by atoms with E-state index in [-0.39, 0.29) is 12.2 Å². The zero-order valence-electron chi connectivity index (χ0n) is 20.6. The molecule has 0 bridgehead atoms. The molecule has 2 aromatic heterocycles. The monoisotopic (exact) mass is 637 g/mol. The number of urea groups is 1. The first-order valence-electron chi connectivity index (χ1n) is 12.0. The number of alkyl halides is 1. The number of imidazole rings is 1. The van der Waals surface area contributed by atoms with Crippen LogP contribution >= 0.6 is 22.6 Å². The summed E-state index contributed by atoms with van der Waals surface area (Å²) in [5.41, 5.74) is 5.50. The van der Waals surface area contributed by atoms with Gasteiger partial charge < -0.3 is 14.8 Å². The summed E-state index contributed by atoms with van der Waals surface area (Å²) in [5.74, 6) is 0.289. The van der Waals surface area contributed by atoms with Gasteiger partial charge in [-0.1, -0.05) is 28.7 Å². The maximum absolute atomic E-state index is 13.0. The number of benzene rings is 1. The van der Waals surface area contributed by atoms with E-state index in [1.165, 1.54) is 33.8 Å². The molecular formula is C24H28IN7O4S. The fraction of sp³-hybridized carbons (Fsp3) is 0.417. The number of amides is 3. The number of sulfonamides is 1. The Morgan fingerprint density at radius 1 is 1.11 bits per heavy atom. The Kier molecular flexibility index (Phi) is 7.00. The smallest absolute Gasteiger partial charge is 0.333 e. The number of nitrogens with one attached hydrogen (secondary N) is 2. The highest BCUT2D eigenvalue weighted by Crippen LogP contribution is 2.38. The van der Waals surface area contributed by atoms with E-state index in [0.29, 0.717) is 10.4 Å². The van der Waals surface area contributed by atoms with Crippen LogP contribution in [0.2, 0.25) is 0 Å². The SMILES string of the molecule is CN(Cc1nccn1CI)C(=O)c1cc(S(=O)(=O)NC(=O)Nc2c3c(cc4c2CCC4)CCC3)nn1C. The van der Waals surface area contributed by atoms with Gasteiger partial charge in [-0.2, -0.15) is 13.5 Å². The van der Waals surface area contributed by atoms with Crippen molar-refractivity contribution >= 4 is 50.2 Å². The summed E-state index contributed by atoms with van der Waals surface area (Å²) in [7, 11) is -1.21. The van der Waals surface area contributed by atoms with Gasteiger partial charge in [0, 0.05) is 38.2 Å². The van der Waals surface area contributed by atoms with Gasteiger partial charge >= 0.3 is 6.03 Å². The highest BCUT2D eigenvalue weighted by atomic mass is 127. The second kappa shape index (κ2) is 10.1. The van der Waals surface area contributed by atoms with E-state index in [9.17, 15) is 18.0 Å². The van der Waals surface area contributed by atoms with Crippen molar-refractivity contribution in [3.05, 3.63) is 58.3 Å². The predicted molar refractivity (Wildman–Crippen MR) is 145 cm³/mol. The van der Waals surface area contributed by atoms with Gasteiger partial charge in [-0.15, -0.1) is 0 Å². The van der Waals surface area contributed by atoms with Crippen LogP contribution in [0.3, 0.4) is 0 Å². The maximum Gasteiger partial charge on any atom is 0.333 e. The standard InChI is InChI=1S/C24H28IN7O4S/c1-30(13-20-26-9-10-32(20)14-25)23(33)19-12-21(28-31(19)2)37(35,36)29-24(34)27-22-17-7-3-5-15(17)11-16-6-4-8-18(16)22/h9-12H,3-8,13-14H2,1-2H3,(H2,27,29,34). The minimum atomic E-state index is -4.31. The van der Waals surface area contributed by atoms with Crippen molar-refractivity contribution in [2.75, 3.05) is 12.4 Å². The second-order valence-electron chi connectivity index (χ2n) is 9.38. The van der Waals surface area contributed by atoms with Crippen LogP contribution in [0.4, 0.5) is 10.5 Å². The number of carbonyl (C=O) groups excluding carboxylic acids is 2. The third-order valence-electron chi connectivity index (χ3n) is 6.95. The summed E-state index contributed by atoms with van der Waals surface area (Å²) in [5, 5.41) is 6.42. The van der Waals surface area contributed by atoms with Crippen LogP contribution in [0.15, 0.2) is 29.6 Å². The fourth-order valence-electron chi connectivity index (χ4n) is 5.13. The molecule has 13 heteroatoms. The molecule has 0 fully saturated rings. The molecule has 2 aliphatic carbocycles. The molecule has 196 valence electrons. The van der Waals surface area contributed by atoms with E-state index >= 15 is 0 Å². The van der Waals surface area contributed by atoms with Crippen molar-refractivity contribution in [3.8, 4) is 0 Å². The van der Waals surface area contributed by atoms with E-state index in [2.05, 4.69) is 48.8 Å². The van der Waals surface area contributed by atoms with Gasteiger partial charge in [0.15, 0.2) is 5.03 Å². The third kappa shape index (κ3) is 4.98. The molecule has 0 saturated carbocycles. The maximum atomic E-state index is 13.0. The molecule has 0 atom stereocenters. The Labute approximate surface area is 228 Å². The minimum Gasteiger partial charge on any atom is -0.333 e. The topological polar surface area (TPSA) is 131 Å². The molecule has 0 spiro atoms. The van der Waals surface area contributed by atoms with Gasteiger partial charge in [-0.05, 0) is 60.8 Å². The lowest BCUT2D eigenvalue weighted by Gasteiger charge is -2.17. The van der Waals surface area contributed by atoms with Crippen molar-refractivity contribution in [3.63, 3.8) is 0 Å². The van der Waals surface area contributed by atoms with Crippen molar-refractivity contribution in [1.82, 2.24) is 29.0 Å². The molecule has 37 heavy (non-hydrogen) atoms. The van der Waals surface area contributed by atoms with Gasteiger partial charge in [0.25, 0.3) is 15.9 Å². The van der Waals surface area contributed by atoms with E-state index in [4.69, 9.17) is 0 Å². The number of hydrogen-bond acceptors (Lipinski definition) is 6. The average Bonchev–Trinajstić information content (AvgIpc) is 3.64. The van der Waals surface area contributed by atoms with E-state index < -0.39 is 27.0 Å². The Morgan fingerprint density at radius 2 is 1.78 bits per heavy atom. The first-order valence-corrected chi connectivity index (χ1v) is 15.0. The molecule has 0 unspecified atom stereocenters. The summed E-state index contributed by atoms with van der Waals surface area (Å²) < 4.78 is 31.9. The third-order valence-corrected chi connectivity index (χ3v) is 8.89. The first kappa shape index (κ1) is 25.7. The summed E-state index contributed by atoms with van der Waals surface area (Å²) in [4.78, 5) is 31.6. The Bertz CT molecular complexity index is 1460. The van der Waals surface area contributed by atoms with Gasteiger partial charge in [0.2, 0.25) is 0 Å². The van der Waals surface area contributed by atoms with Crippen LogP contribution < -0.4 is 10.0 Å². The normalized spacial score (nSPS) is 14.4. The van der Waals surface area contributed by atoms with Crippen molar-refractivity contribution < 1.29 is 18.0 Å². The highest BCUT2D eigenvalue weighted by molar-refractivity contribution is 14.1. The lowest BCUT2D eigenvalue weighted by Crippen LogP contribution is -2.35. The number of carbonyl (C=O) groups is 2. The van der Waals surface area contributed by atoms with Crippen molar-refractivity contribution in [2.24, 2.45) is 7.05 Å².